The van der Waals surface area contributed by atoms with E-state index in [2.05, 4.69) is 5.32 Å². The largest absolute Gasteiger partial charge is 0.503 e. The van der Waals surface area contributed by atoms with Crippen LogP contribution in [0.2, 0.25) is 5.02 Å². The number of hydrogen-bond donors (Lipinski definition) is 2. The molecule has 2 N–H and O–H groups in total. The Morgan fingerprint density at radius 1 is 1.31 bits per heavy atom. The van der Waals surface area contributed by atoms with Crippen molar-refractivity contribution in [3.05, 3.63) is 52.6 Å². The van der Waals surface area contributed by atoms with Crippen LogP contribution < -0.4 is 10.1 Å². The number of amides is 1. The summed E-state index contributed by atoms with van der Waals surface area (Å²) in [6, 6.07) is 11.2. The van der Waals surface area contributed by atoms with Crippen LogP contribution in [-0.4, -0.2) is 18.1 Å². The zero-order valence-corrected chi connectivity index (χ0v) is 15.1. The molecule has 2 aromatic rings. The first-order valence-corrected chi connectivity index (χ1v) is 8.33. The SMILES string of the molecule is COc1cc(/C=C(/C#N)C(=O)Nc2ccc(Cl)cc2)cc(SC#N)c1O. The molecular weight excluding hydrogens is 374 g/mol. The number of phenols is 1. The van der Waals surface area contributed by atoms with E-state index in [1.807, 2.05) is 11.5 Å². The Hall–Kier alpha value is -3.13. The third-order valence-electron chi connectivity index (χ3n) is 3.22. The number of phenolic OH excluding ortho intramolecular Hbond substituents is 1. The number of methoxy groups -OCH3 is 1. The van der Waals surface area contributed by atoms with Crippen LogP contribution in [0.5, 0.6) is 11.5 Å². The van der Waals surface area contributed by atoms with Crippen LogP contribution in [0, 0.1) is 22.0 Å². The Balaban J connectivity index is 2.34. The highest BCUT2D eigenvalue weighted by Crippen LogP contribution is 2.38. The monoisotopic (exact) mass is 385 g/mol. The maximum atomic E-state index is 12.3. The summed E-state index contributed by atoms with van der Waals surface area (Å²) >= 11 is 6.54. The van der Waals surface area contributed by atoms with Crippen molar-refractivity contribution in [2.24, 2.45) is 0 Å². The van der Waals surface area contributed by atoms with Crippen molar-refractivity contribution in [1.82, 2.24) is 0 Å². The standard InChI is InChI=1S/C18H12ClN3O3S/c1-25-15-7-11(8-16(17(15)23)26-10-21)6-12(9-20)18(24)22-14-4-2-13(19)3-5-14/h2-8,23H,1H3,(H,22,24)/b12-6-. The fraction of sp³-hybridized carbons (Fsp3) is 0.0556. The highest BCUT2D eigenvalue weighted by molar-refractivity contribution is 8.03. The van der Waals surface area contributed by atoms with Gasteiger partial charge in [-0.05, 0) is 59.8 Å². The molecule has 0 bridgehead atoms. The third-order valence-corrected chi connectivity index (χ3v) is 4.09. The van der Waals surface area contributed by atoms with E-state index in [0.29, 0.717) is 16.3 Å². The number of nitrogens with one attached hydrogen (secondary N) is 1. The lowest BCUT2D eigenvalue weighted by molar-refractivity contribution is -0.112. The number of thioether (sulfide) groups is 1. The number of rotatable bonds is 5. The van der Waals surface area contributed by atoms with Crippen molar-refractivity contribution in [3.8, 4) is 23.0 Å². The molecule has 0 saturated carbocycles. The van der Waals surface area contributed by atoms with Crippen LogP contribution in [0.15, 0.2) is 46.9 Å². The topological polar surface area (TPSA) is 106 Å². The van der Waals surface area contributed by atoms with Crippen molar-refractivity contribution in [3.63, 3.8) is 0 Å². The van der Waals surface area contributed by atoms with Crippen molar-refractivity contribution in [1.29, 1.82) is 10.5 Å². The Labute approximate surface area is 159 Å². The lowest BCUT2D eigenvalue weighted by atomic mass is 10.1. The summed E-state index contributed by atoms with van der Waals surface area (Å²) in [6.45, 7) is 0. The van der Waals surface area contributed by atoms with Crippen molar-refractivity contribution >= 4 is 41.0 Å². The fourth-order valence-corrected chi connectivity index (χ4v) is 2.63. The van der Waals surface area contributed by atoms with E-state index in [9.17, 15) is 15.2 Å². The van der Waals surface area contributed by atoms with Crippen LogP contribution in [0.4, 0.5) is 5.69 Å². The average molecular weight is 386 g/mol. The van der Waals surface area contributed by atoms with E-state index in [4.69, 9.17) is 21.6 Å². The van der Waals surface area contributed by atoms with Gasteiger partial charge in [-0.2, -0.15) is 10.5 Å². The number of thiocyanates is 1. The van der Waals surface area contributed by atoms with Crippen LogP contribution in [0.1, 0.15) is 5.56 Å². The summed E-state index contributed by atoms with van der Waals surface area (Å²) in [5.74, 6) is -0.649. The Kier molecular flexibility index (Phi) is 6.51. The van der Waals surface area contributed by atoms with Gasteiger partial charge in [0.25, 0.3) is 5.91 Å². The Morgan fingerprint density at radius 2 is 2.00 bits per heavy atom. The van der Waals surface area contributed by atoms with Gasteiger partial charge in [-0.25, -0.2) is 0 Å². The number of benzene rings is 2. The van der Waals surface area contributed by atoms with E-state index < -0.39 is 5.91 Å². The number of halogens is 1. The molecule has 0 aromatic heterocycles. The van der Waals surface area contributed by atoms with Gasteiger partial charge in [0, 0.05) is 10.7 Å². The molecule has 2 aromatic carbocycles. The van der Waals surface area contributed by atoms with Gasteiger partial charge >= 0.3 is 0 Å². The Bertz CT molecular complexity index is 944. The zero-order chi connectivity index (χ0) is 19.1. The van der Waals surface area contributed by atoms with Gasteiger partial charge in [-0.3, -0.25) is 4.79 Å². The minimum absolute atomic E-state index is 0.131. The second kappa shape index (κ2) is 8.82. The van der Waals surface area contributed by atoms with E-state index >= 15 is 0 Å². The molecule has 0 aliphatic rings. The molecule has 0 aliphatic carbocycles. The summed E-state index contributed by atoms with van der Waals surface area (Å²) in [6.07, 6.45) is 1.34. The molecule has 0 saturated heterocycles. The number of anilines is 1. The van der Waals surface area contributed by atoms with Gasteiger partial charge in [0.05, 0.1) is 12.0 Å². The molecule has 0 aliphatic heterocycles. The van der Waals surface area contributed by atoms with Gasteiger partial charge in [0.1, 0.15) is 17.0 Å². The van der Waals surface area contributed by atoms with Gasteiger partial charge in [-0.15, -0.1) is 0 Å². The Morgan fingerprint density at radius 3 is 2.58 bits per heavy atom. The predicted octanol–water partition coefficient (Wildman–Crippen LogP) is 4.17. The van der Waals surface area contributed by atoms with Crippen LogP contribution >= 0.6 is 23.4 Å². The summed E-state index contributed by atoms with van der Waals surface area (Å²) in [4.78, 5) is 12.5. The maximum absolute atomic E-state index is 12.3. The van der Waals surface area contributed by atoms with Gasteiger partial charge in [0.15, 0.2) is 11.5 Å². The second-order valence-corrected chi connectivity index (χ2v) is 6.16. The summed E-state index contributed by atoms with van der Waals surface area (Å²) < 4.78 is 5.06. The van der Waals surface area contributed by atoms with E-state index in [1.165, 1.54) is 25.3 Å². The molecule has 0 fully saturated rings. The van der Waals surface area contributed by atoms with Gasteiger partial charge < -0.3 is 15.2 Å². The van der Waals surface area contributed by atoms with Crippen molar-refractivity contribution < 1.29 is 14.6 Å². The average Bonchev–Trinajstić information content (AvgIpc) is 2.64. The molecule has 6 nitrogen and oxygen atoms in total. The molecule has 130 valence electrons. The number of ether oxygens (including phenoxy) is 1. The summed E-state index contributed by atoms with van der Waals surface area (Å²) in [5, 5.41) is 33.1. The fourth-order valence-electron chi connectivity index (χ4n) is 2.02. The first-order chi connectivity index (χ1) is 12.5. The molecular formula is C18H12ClN3O3S. The smallest absolute Gasteiger partial charge is 0.266 e. The number of carbonyl (C=O) groups excluding carboxylic acids is 1. The number of nitriles is 2. The molecule has 0 radical (unpaired) electrons. The molecule has 0 atom stereocenters. The van der Waals surface area contributed by atoms with E-state index in [-0.39, 0.29) is 22.0 Å². The van der Waals surface area contributed by atoms with Crippen molar-refractivity contribution in [2.45, 2.75) is 4.90 Å². The van der Waals surface area contributed by atoms with Gasteiger partial charge in [-0.1, -0.05) is 11.6 Å². The molecule has 8 heteroatoms. The molecule has 0 unspecified atom stereocenters. The predicted molar refractivity (Wildman–Crippen MR) is 99.8 cm³/mol. The zero-order valence-electron chi connectivity index (χ0n) is 13.5. The van der Waals surface area contributed by atoms with Crippen LogP contribution in [-0.2, 0) is 4.79 Å². The minimum Gasteiger partial charge on any atom is -0.503 e. The normalized spacial score (nSPS) is 10.5. The number of aromatic hydroxyl groups is 1. The molecule has 26 heavy (non-hydrogen) atoms. The maximum Gasteiger partial charge on any atom is 0.266 e. The molecule has 0 heterocycles. The summed E-state index contributed by atoms with van der Waals surface area (Å²) in [7, 11) is 1.36. The lowest BCUT2D eigenvalue weighted by Crippen LogP contribution is -2.13. The van der Waals surface area contributed by atoms with Crippen LogP contribution in [0.25, 0.3) is 6.08 Å². The van der Waals surface area contributed by atoms with Crippen molar-refractivity contribution in [2.75, 3.05) is 12.4 Å². The number of carbonyl (C=O) groups is 1. The molecule has 0 spiro atoms. The highest BCUT2D eigenvalue weighted by Gasteiger charge is 2.14. The highest BCUT2D eigenvalue weighted by atomic mass is 35.5. The third kappa shape index (κ3) is 4.70. The number of nitrogens with zero attached hydrogens (tertiary/aromatic N) is 2. The van der Waals surface area contributed by atoms with E-state index in [1.54, 1.807) is 24.3 Å². The first-order valence-electron chi connectivity index (χ1n) is 7.14. The quantitative estimate of drug-likeness (QED) is 0.346. The molecule has 1 amide bonds. The second-order valence-electron chi connectivity index (χ2n) is 4.89. The lowest BCUT2D eigenvalue weighted by Gasteiger charge is -2.09. The van der Waals surface area contributed by atoms with Crippen LogP contribution in [0.3, 0.4) is 0 Å². The molecule has 2 rings (SSSR count). The van der Waals surface area contributed by atoms with E-state index in [0.717, 1.165) is 11.8 Å². The number of hydrogen-bond acceptors (Lipinski definition) is 6. The van der Waals surface area contributed by atoms with Gasteiger partial charge in [0.2, 0.25) is 0 Å². The first kappa shape index (κ1) is 19.2. The minimum atomic E-state index is -0.601. The summed E-state index contributed by atoms with van der Waals surface area (Å²) in [5.41, 5.74) is 0.769.